The first kappa shape index (κ1) is 18.3. The Kier molecular flexibility index (Phi) is 5.18. The Balaban J connectivity index is 1.75. The van der Waals surface area contributed by atoms with Gasteiger partial charge in [0.1, 0.15) is 5.76 Å². The lowest BCUT2D eigenvalue weighted by atomic mass is 10.2. The first-order chi connectivity index (χ1) is 12.4. The highest BCUT2D eigenvalue weighted by Gasteiger charge is 2.18. The number of aryl methyl sites for hydroxylation is 2. The van der Waals surface area contributed by atoms with Gasteiger partial charge in [-0.1, -0.05) is 17.8 Å². The fourth-order valence-electron chi connectivity index (χ4n) is 2.99. The molecule has 3 heterocycles. The molecule has 0 N–H and O–H groups in total. The van der Waals surface area contributed by atoms with Crippen molar-refractivity contribution >= 4 is 17.5 Å². The molecule has 0 spiro atoms. The molecule has 7 heteroatoms. The summed E-state index contributed by atoms with van der Waals surface area (Å²) in [5.74, 6) is 1.93. The van der Waals surface area contributed by atoms with Crippen molar-refractivity contribution in [1.82, 2.24) is 19.3 Å². The zero-order valence-corrected chi connectivity index (χ0v) is 16.3. The average molecular weight is 370 g/mol. The van der Waals surface area contributed by atoms with Crippen LogP contribution >= 0.6 is 11.8 Å². The number of rotatable bonds is 7. The van der Waals surface area contributed by atoms with Crippen LogP contribution in [0.4, 0.5) is 0 Å². The number of thioether (sulfide) groups is 1. The molecule has 0 atom stereocenters. The first-order valence-electron chi connectivity index (χ1n) is 8.31. The zero-order valence-electron chi connectivity index (χ0n) is 15.4. The molecule has 0 radical (unpaired) electrons. The Labute approximate surface area is 156 Å². The number of carbonyl (C=O) groups is 1. The van der Waals surface area contributed by atoms with Crippen LogP contribution in [-0.2, 0) is 13.6 Å². The van der Waals surface area contributed by atoms with Crippen LogP contribution in [0.2, 0.25) is 0 Å². The van der Waals surface area contributed by atoms with Crippen molar-refractivity contribution in [3.63, 3.8) is 0 Å². The van der Waals surface area contributed by atoms with Gasteiger partial charge in [-0.3, -0.25) is 4.79 Å². The monoisotopic (exact) mass is 370 g/mol. The summed E-state index contributed by atoms with van der Waals surface area (Å²) in [4.78, 5) is 12.7. The lowest BCUT2D eigenvalue weighted by Gasteiger charge is -2.06. The molecule has 6 nitrogen and oxygen atoms in total. The second-order valence-electron chi connectivity index (χ2n) is 6.15. The van der Waals surface area contributed by atoms with Crippen LogP contribution in [-0.4, -0.2) is 30.9 Å². The number of carbonyl (C=O) groups excluding carboxylic acids is 1. The summed E-state index contributed by atoms with van der Waals surface area (Å²) in [5, 5.41) is 9.15. The lowest BCUT2D eigenvalue weighted by Crippen LogP contribution is -2.07. The number of furan rings is 1. The molecule has 3 aromatic heterocycles. The van der Waals surface area contributed by atoms with E-state index in [0.717, 1.165) is 34.1 Å². The lowest BCUT2D eigenvalue weighted by molar-refractivity contribution is 0.102. The number of allylic oxidation sites excluding steroid dienone is 1. The number of nitrogens with zero attached hydrogens (tertiary/aromatic N) is 4. The largest absolute Gasteiger partial charge is 0.469 e. The van der Waals surface area contributed by atoms with E-state index in [2.05, 4.69) is 21.3 Å². The molecule has 3 aromatic rings. The minimum absolute atomic E-state index is 0.0856. The van der Waals surface area contributed by atoms with E-state index in [9.17, 15) is 4.79 Å². The quantitative estimate of drug-likeness (QED) is 0.358. The van der Waals surface area contributed by atoms with Gasteiger partial charge in [-0.25, -0.2) is 0 Å². The topological polar surface area (TPSA) is 65.8 Å². The Morgan fingerprint density at radius 2 is 2.12 bits per heavy atom. The van der Waals surface area contributed by atoms with Gasteiger partial charge in [0.15, 0.2) is 16.8 Å². The molecule has 26 heavy (non-hydrogen) atoms. The highest BCUT2D eigenvalue weighted by Crippen LogP contribution is 2.26. The van der Waals surface area contributed by atoms with E-state index in [4.69, 9.17) is 4.42 Å². The molecule has 0 saturated heterocycles. The fourth-order valence-corrected chi connectivity index (χ4v) is 3.79. The number of hydrogen-bond donors (Lipinski definition) is 0. The van der Waals surface area contributed by atoms with Gasteiger partial charge in [0.05, 0.1) is 17.6 Å². The number of Topliss-reactive ketones (excluding diaryl/α,β-unsaturated/α-hetero) is 1. The van der Waals surface area contributed by atoms with Crippen molar-refractivity contribution < 1.29 is 9.21 Å². The standard InChI is InChI=1S/C19H22N4O2S/c1-6-8-23-12(2)10-16(13(23)3)17(24)11-26-19-21-20-18(22(19)5)15-7-9-25-14(15)4/h6-7,9-10H,1,8,11H2,2-5H3. The minimum atomic E-state index is 0.0856. The molecule has 0 aromatic carbocycles. The van der Waals surface area contributed by atoms with Crippen LogP contribution in [0.5, 0.6) is 0 Å². The van der Waals surface area contributed by atoms with E-state index in [1.807, 2.05) is 50.6 Å². The van der Waals surface area contributed by atoms with E-state index in [1.165, 1.54) is 11.8 Å². The summed E-state index contributed by atoms with van der Waals surface area (Å²) in [7, 11) is 1.89. The van der Waals surface area contributed by atoms with Crippen molar-refractivity contribution in [3.05, 3.63) is 53.8 Å². The van der Waals surface area contributed by atoms with E-state index >= 15 is 0 Å². The Morgan fingerprint density at radius 3 is 2.77 bits per heavy atom. The average Bonchev–Trinajstić information content (AvgIpc) is 3.27. The predicted octanol–water partition coefficient (Wildman–Crippen LogP) is 3.96. The van der Waals surface area contributed by atoms with Gasteiger partial charge in [0.2, 0.25) is 0 Å². The van der Waals surface area contributed by atoms with E-state index < -0.39 is 0 Å². The number of aromatic nitrogens is 4. The molecule has 0 fully saturated rings. The maximum absolute atomic E-state index is 12.7. The summed E-state index contributed by atoms with van der Waals surface area (Å²) < 4.78 is 9.31. The molecule has 0 saturated carbocycles. The molecule has 3 rings (SSSR count). The van der Waals surface area contributed by atoms with Crippen molar-refractivity contribution in [2.24, 2.45) is 7.05 Å². The second kappa shape index (κ2) is 7.37. The predicted molar refractivity (Wildman–Crippen MR) is 103 cm³/mol. The fraction of sp³-hybridized carbons (Fsp3) is 0.316. The molecule has 0 bridgehead atoms. The SMILES string of the molecule is C=CCn1c(C)cc(C(=O)CSc2nnc(-c3ccoc3C)n2C)c1C. The molecule has 0 aliphatic heterocycles. The number of hydrogen-bond acceptors (Lipinski definition) is 5. The molecule has 0 amide bonds. The van der Waals surface area contributed by atoms with Crippen molar-refractivity contribution in [1.29, 1.82) is 0 Å². The van der Waals surface area contributed by atoms with Crippen molar-refractivity contribution in [3.8, 4) is 11.4 Å². The Hall–Kier alpha value is -2.54. The van der Waals surface area contributed by atoms with Gasteiger partial charge in [-0.05, 0) is 32.9 Å². The molecule has 0 unspecified atom stereocenters. The summed E-state index contributed by atoms with van der Waals surface area (Å²) >= 11 is 1.39. The maximum atomic E-state index is 12.7. The third-order valence-corrected chi connectivity index (χ3v) is 5.47. The third-order valence-electron chi connectivity index (χ3n) is 4.45. The van der Waals surface area contributed by atoms with Crippen LogP contribution in [0.25, 0.3) is 11.4 Å². The van der Waals surface area contributed by atoms with E-state index in [0.29, 0.717) is 17.5 Å². The second-order valence-corrected chi connectivity index (χ2v) is 7.09. The summed E-state index contributed by atoms with van der Waals surface area (Å²) in [6.45, 7) is 10.3. The van der Waals surface area contributed by atoms with Crippen molar-refractivity contribution in [2.45, 2.75) is 32.5 Å². The maximum Gasteiger partial charge on any atom is 0.191 e. The van der Waals surface area contributed by atoms with Crippen LogP contribution in [0.3, 0.4) is 0 Å². The number of ketones is 1. The summed E-state index contributed by atoms with van der Waals surface area (Å²) in [6, 6.07) is 3.81. The van der Waals surface area contributed by atoms with Crippen molar-refractivity contribution in [2.75, 3.05) is 5.75 Å². The van der Waals surface area contributed by atoms with Crippen LogP contribution in [0.15, 0.2) is 40.6 Å². The van der Waals surface area contributed by atoms with Gasteiger partial charge in [-0.2, -0.15) is 0 Å². The summed E-state index contributed by atoms with van der Waals surface area (Å²) in [5.41, 5.74) is 3.70. The highest BCUT2D eigenvalue weighted by atomic mass is 32.2. The third kappa shape index (κ3) is 3.26. The molecule has 0 aliphatic carbocycles. The van der Waals surface area contributed by atoms with Gasteiger partial charge < -0.3 is 13.6 Å². The van der Waals surface area contributed by atoms with Crippen LogP contribution in [0.1, 0.15) is 27.5 Å². The van der Waals surface area contributed by atoms with Gasteiger partial charge >= 0.3 is 0 Å². The highest BCUT2D eigenvalue weighted by molar-refractivity contribution is 7.99. The van der Waals surface area contributed by atoms with Gasteiger partial charge in [0.25, 0.3) is 0 Å². The Morgan fingerprint density at radius 1 is 1.35 bits per heavy atom. The molecular weight excluding hydrogens is 348 g/mol. The van der Waals surface area contributed by atoms with Crippen LogP contribution in [0, 0.1) is 20.8 Å². The summed E-state index contributed by atoms with van der Waals surface area (Å²) in [6.07, 6.45) is 3.47. The Bertz CT molecular complexity index is 965. The van der Waals surface area contributed by atoms with Gasteiger partial charge in [0, 0.05) is 30.5 Å². The van der Waals surface area contributed by atoms with Gasteiger partial charge in [-0.15, -0.1) is 16.8 Å². The van der Waals surface area contributed by atoms with E-state index in [1.54, 1.807) is 6.26 Å². The molecular formula is C19H22N4O2S. The molecule has 0 aliphatic rings. The first-order valence-corrected chi connectivity index (χ1v) is 9.30. The zero-order chi connectivity index (χ0) is 18.8. The smallest absolute Gasteiger partial charge is 0.191 e. The minimum Gasteiger partial charge on any atom is -0.469 e. The van der Waals surface area contributed by atoms with Crippen LogP contribution < -0.4 is 0 Å². The molecule has 136 valence electrons. The normalized spacial score (nSPS) is 11.1. The van der Waals surface area contributed by atoms with E-state index in [-0.39, 0.29) is 5.78 Å².